The molecule has 0 bridgehead atoms. The zero-order chi connectivity index (χ0) is 25.4. The number of methoxy groups -OCH3 is 2. The van der Waals surface area contributed by atoms with Crippen LogP contribution < -0.4 is 10.1 Å². The number of rotatable bonds is 10. The van der Waals surface area contributed by atoms with E-state index in [4.69, 9.17) is 14.2 Å². The van der Waals surface area contributed by atoms with Gasteiger partial charge < -0.3 is 24.4 Å². The molecular formula is C27H30N2O6. The summed E-state index contributed by atoms with van der Waals surface area (Å²) in [4.78, 5) is 39.2. The normalized spacial score (nSPS) is 14.5. The van der Waals surface area contributed by atoms with Crippen molar-refractivity contribution in [3.8, 4) is 5.75 Å². The van der Waals surface area contributed by atoms with Gasteiger partial charge in [0, 0.05) is 31.6 Å². The molecule has 35 heavy (non-hydrogen) atoms. The van der Waals surface area contributed by atoms with Gasteiger partial charge in [-0.05, 0) is 56.2 Å². The number of anilines is 1. The molecule has 1 aliphatic rings. The summed E-state index contributed by atoms with van der Waals surface area (Å²) < 4.78 is 15.6. The van der Waals surface area contributed by atoms with E-state index < -0.39 is 5.97 Å². The third-order valence-corrected chi connectivity index (χ3v) is 5.53. The first-order chi connectivity index (χ1) is 16.8. The van der Waals surface area contributed by atoms with Crippen molar-refractivity contribution in [2.24, 2.45) is 0 Å². The lowest BCUT2D eigenvalue weighted by molar-refractivity contribution is -0.136. The lowest BCUT2D eigenvalue weighted by Crippen LogP contribution is -2.26. The van der Waals surface area contributed by atoms with E-state index in [1.54, 1.807) is 49.3 Å². The van der Waals surface area contributed by atoms with E-state index in [2.05, 4.69) is 5.32 Å². The average Bonchev–Trinajstić information content (AvgIpc) is 3.08. The summed E-state index contributed by atoms with van der Waals surface area (Å²) in [6.07, 6.45) is 2.30. The summed E-state index contributed by atoms with van der Waals surface area (Å²) in [5, 5.41) is 2.78. The summed E-state index contributed by atoms with van der Waals surface area (Å²) in [7, 11) is 2.89. The topological polar surface area (TPSA) is 94.2 Å². The molecule has 2 amide bonds. The Morgan fingerprint density at radius 2 is 1.69 bits per heavy atom. The van der Waals surface area contributed by atoms with Crippen LogP contribution in [0.2, 0.25) is 0 Å². The second-order valence-corrected chi connectivity index (χ2v) is 8.09. The van der Waals surface area contributed by atoms with Crippen molar-refractivity contribution in [1.82, 2.24) is 4.90 Å². The number of ether oxygens (including phenoxy) is 3. The molecule has 3 rings (SSSR count). The van der Waals surface area contributed by atoms with E-state index in [1.807, 2.05) is 31.2 Å². The first kappa shape index (κ1) is 25.7. The third-order valence-electron chi connectivity index (χ3n) is 5.53. The predicted molar refractivity (Wildman–Crippen MR) is 133 cm³/mol. The van der Waals surface area contributed by atoms with Gasteiger partial charge in [-0.1, -0.05) is 29.8 Å². The maximum Gasteiger partial charge on any atom is 0.340 e. The summed E-state index contributed by atoms with van der Waals surface area (Å²) in [5.41, 5.74) is 3.60. The van der Waals surface area contributed by atoms with Gasteiger partial charge in [-0.15, -0.1) is 0 Å². The van der Waals surface area contributed by atoms with Gasteiger partial charge in [-0.3, -0.25) is 9.59 Å². The fourth-order valence-electron chi connectivity index (χ4n) is 3.67. The second kappa shape index (κ2) is 12.0. The largest absolute Gasteiger partial charge is 0.484 e. The van der Waals surface area contributed by atoms with E-state index in [0.29, 0.717) is 42.3 Å². The number of benzene rings is 2. The summed E-state index contributed by atoms with van der Waals surface area (Å²) >= 11 is 0. The Balaban J connectivity index is 1.68. The molecule has 8 heteroatoms. The van der Waals surface area contributed by atoms with Crippen LogP contribution in [0.1, 0.15) is 24.5 Å². The third kappa shape index (κ3) is 6.58. The molecule has 0 saturated heterocycles. The molecule has 0 saturated carbocycles. The number of hydrogen-bond donors (Lipinski definition) is 1. The minimum Gasteiger partial charge on any atom is -0.484 e. The molecule has 1 heterocycles. The molecule has 2 aromatic carbocycles. The Morgan fingerprint density at radius 3 is 2.31 bits per heavy atom. The highest BCUT2D eigenvalue weighted by Gasteiger charge is 2.36. The molecular weight excluding hydrogens is 448 g/mol. The molecule has 0 fully saturated rings. The Morgan fingerprint density at radius 1 is 1.00 bits per heavy atom. The molecule has 0 radical (unpaired) electrons. The minimum absolute atomic E-state index is 0.141. The van der Waals surface area contributed by atoms with Crippen molar-refractivity contribution in [2.45, 2.75) is 20.3 Å². The van der Waals surface area contributed by atoms with Crippen molar-refractivity contribution < 1.29 is 28.6 Å². The van der Waals surface area contributed by atoms with Crippen LogP contribution in [0.5, 0.6) is 5.75 Å². The first-order valence-electron chi connectivity index (χ1n) is 11.3. The smallest absolute Gasteiger partial charge is 0.340 e. The van der Waals surface area contributed by atoms with Crippen molar-refractivity contribution in [3.63, 3.8) is 0 Å². The van der Waals surface area contributed by atoms with Gasteiger partial charge in [0.15, 0.2) is 6.61 Å². The Labute approximate surface area is 205 Å². The number of hydrogen-bond acceptors (Lipinski definition) is 6. The molecule has 0 spiro atoms. The SMILES string of the molecule is COCCCN1C(=O)/C(=C\c2ccc(OCC(=O)Nc3ccc(C)cc3)cc2)C(C(=O)OC)=C1C. The van der Waals surface area contributed by atoms with E-state index in [-0.39, 0.29) is 29.6 Å². The molecule has 1 N–H and O–H groups in total. The molecule has 0 aliphatic carbocycles. The Hall–Kier alpha value is -3.91. The maximum absolute atomic E-state index is 13.1. The van der Waals surface area contributed by atoms with Gasteiger partial charge >= 0.3 is 5.97 Å². The van der Waals surface area contributed by atoms with Crippen LogP contribution in [-0.4, -0.2) is 56.7 Å². The monoisotopic (exact) mass is 478 g/mol. The van der Waals surface area contributed by atoms with Gasteiger partial charge in [-0.2, -0.15) is 0 Å². The van der Waals surface area contributed by atoms with Gasteiger partial charge in [-0.25, -0.2) is 4.79 Å². The molecule has 0 atom stereocenters. The highest BCUT2D eigenvalue weighted by molar-refractivity contribution is 6.16. The average molecular weight is 479 g/mol. The lowest BCUT2D eigenvalue weighted by Gasteiger charge is -2.17. The number of carbonyl (C=O) groups excluding carboxylic acids is 3. The van der Waals surface area contributed by atoms with Crippen LogP contribution in [0.3, 0.4) is 0 Å². The van der Waals surface area contributed by atoms with Crippen LogP contribution in [0.15, 0.2) is 65.4 Å². The Kier molecular flexibility index (Phi) is 8.80. The zero-order valence-electron chi connectivity index (χ0n) is 20.4. The van der Waals surface area contributed by atoms with E-state index in [0.717, 1.165) is 5.56 Å². The molecule has 0 aromatic heterocycles. The van der Waals surface area contributed by atoms with Gasteiger partial charge in [0.05, 0.1) is 18.3 Å². The van der Waals surface area contributed by atoms with Crippen molar-refractivity contribution in [2.75, 3.05) is 39.3 Å². The second-order valence-electron chi connectivity index (χ2n) is 8.09. The van der Waals surface area contributed by atoms with Gasteiger partial charge in [0.2, 0.25) is 0 Å². The van der Waals surface area contributed by atoms with Gasteiger partial charge in [0.1, 0.15) is 5.75 Å². The number of nitrogens with one attached hydrogen (secondary N) is 1. The van der Waals surface area contributed by atoms with E-state index in [1.165, 1.54) is 7.11 Å². The van der Waals surface area contributed by atoms with Crippen molar-refractivity contribution in [1.29, 1.82) is 0 Å². The first-order valence-corrected chi connectivity index (χ1v) is 11.3. The number of amides is 2. The quantitative estimate of drug-likeness (QED) is 0.318. The highest BCUT2D eigenvalue weighted by Crippen LogP contribution is 2.32. The van der Waals surface area contributed by atoms with Crippen LogP contribution in [0, 0.1) is 6.92 Å². The Bertz CT molecular complexity index is 1130. The van der Waals surface area contributed by atoms with Crippen LogP contribution in [0.4, 0.5) is 5.69 Å². The number of nitrogens with zero attached hydrogens (tertiary/aromatic N) is 1. The molecule has 0 unspecified atom stereocenters. The minimum atomic E-state index is -0.559. The molecule has 2 aromatic rings. The predicted octanol–water partition coefficient (Wildman–Crippen LogP) is 3.72. The van der Waals surface area contributed by atoms with E-state index in [9.17, 15) is 14.4 Å². The number of esters is 1. The summed E-state index contributed by atoms with van der Waals surface area (Å²) in [6, 6.07) is 14.4. The van der Waals surface area contributed by atoms with Crippen molar-refractivity contribution in [3.05, 3.63) is 76.5 Å². The lowest BCUT2D eigenvalue weighted by atomic mass is 10.0. The molecule has 1 aliphatic heterocycles. The van der Waals surface area contributed by atoms with E-state index >= 15 is 0 Å². The highest BCUT2D eigenvalue weighted by atomic mass is 16.5. The van der Waals surface area contributed by atoms with Crippen LogP contribution in [0.25, 0.3) is 6.08 Å². The fraction of sp³-hybridized carbons (Fsp3) is 0.296. The number of carbonyl (C=O) groups is 3. The molecule has 8 nitrogen and oxygen atoms in total. The summed E-state index contributed by atoms with van der Waals surface area (Å²) in [6.45, 7) is 4.51. The summed E-state index contributed by atoms with van der Waals surface area (Å²) in [5.74, 6) is -0.582. The van der Waals surface area contributed by atoms with Gasteiger partial charge in [0.25, 0.3) is 11.8 Å². The fourth-order valence-corrected chi connectivity index (χ4v) is 3.67. The number of allylic oxidation sites excluding steroid dienone is 1. The van der Waals surface area contributed by atoms with Crippen molar-refractivity contribution >= 4 is 29.5 Å². The maximum atomic E-state index is 13.1. The van der Waals surface area contributed by atoms with Crippen LogP contribution >= 0.6 is 0 Å². The number of aryl methyl sites for hydroxylation is 1. The standard InChI is InChI=1S/C27H30N2O6/c1-18-6-10-21(11-7-18)28-24(30)17-35-22-12-8-20(9-13-22)16-23-25(27(32)34-4)19(2)29(26(23)31)14-5-15-33-3/h6-13,16H,5,14-15,17H2,1-4H3,(H,28,30)/b23-16-. The van der Waals surface area contributed by atoms with Crippen LogP contribution in [-0.2, 0) is 23.9 Å². The zero-order valence-corrected chi connectivity index (χ0v) is 20.4. The molecule has 184 valence electrons.